The van der Waals surface area contributed by atoms with Crippen molar-refractivity contribution in [1.82, 2.24) is 4.98 Å². The van der Waals surface area contributed by atoms with Crippen molar-refractivity contribution in [3.63, 3.8) is 0 Å². The summed E-state index contributed by atoms with van der Waals surface area (Å²) in [5, 5.41) is 4.93. The average Bonchev–Trinajstić information content (AvgIpc) is 2.84. The quantitative estimate of drug-likeness (QED) is 0.799. The smallest absolute Gasteiger partial charge is 0.236 e. The number of hydrogen-bond acceptors (Lipinski definition) is 5. The molecule has 0 aliphatic carbocycles. The number of carbonyl (C=O) groups excluding carboxylic acids is 2. The molecule has 0 fully saturated rings. The van der Waals surface area contributed by atoms with Gasteiger partial charge in [-0.05, 0) is 18.6 Å². The van der Waals surface area contributed by atoms with Crippen molar-refractivity contribution >= 4 is 40.0 Å². The number of nitrogens with two attached hydrogens (primary N) is 1. The molecule has 3 N–H and O–H groups in total. The summed E-state index contributed by atoms with van der Waals surface area (Å²) in [7, 11) is 0. The molecular formula is C14H15N3O2S2. The lowest BCUT2D eigenvalue weighted by Crippen LogP contribution is -2.15. The third-order valence-electron chi connectivity index (χ3n) is 2.61. The molecule has 2 aromatic rings. The molecule has 0 aliphatic heterocycles. The second kappa shape index (κ2) is 7.24. The molecule has 110 valence electrons. The first-order valence-electron chi connectivity index (χ1n) is 6.25. The van der Waals surface area contributed by atoms with Gasteiger partial charge >= 0.3 is 0 Å². The number of aromatic nitrogens is 1. The molecule has 0 radical (unpaired) electrons. The molecule has 1 heterocycles. The first-order valence-corrected chi connectivity index (χ1v) is 8.12. The van der Waals surface area contributed by atoms with E-state index in [2.05, 4.69) is 10.3 Å². The Kier molecular flexibility index (Phi) is 5.35. The van der Waals surface area contributed by atoms with Crippen LogP contribution in [0.4, 0.5) is 5.13 Å². The molecule has 7 heteroatoms. The number of amides is 2. The molecule has 0 saturated heterocycles. The van der Waals surface area contributed by atoms with Crippen LogP contribution in [0.5, 0.6) is 0 Å². The van der Waals surface area contributed by atoms with Gasteiger partial charge in [0, 0.05) is 10.3 Å². The Hall–Kier alpha value is -1.86. The number of thioether (sulfide) groups is 1. The standard InChI is InChI=1S/C14H15N3O2S2/c1-9-4-2-3-5-11(9)20-8-13(19)17-14-16-10(7-21-14)6-12(15)18/h2-5,7H,6,8H2,1H3,(H2,15,18)(H,16,17,19). The van der Waals surface area contributed by atoms with Crippen LogP contribution in [0.1, 0.15) is 11.3 Å². The average molecular weight is 321 g/mol. The number of hydrogen-bond donors (Lipinski definition) is 2. The van der Waals surface area contributed by atoms with Gasteiger partial charge in [-0.2, -0.15) is 0 Å². The minimum Gasteiger partial charge on any atom is -0.369 e. The number of primary amides is 1. The van der Waals surface area contributed by atoms with E-state index < -0.39 is 5.91 Å². The highest BCUT2D eigenvalue weighted by Crippen LogP contribution is 2.22. The van der Waals surface area contributed by atoms with Crippen molar-refractivity contribution in [2.45, 2.75) is 18.2 Å². The Morgan fingerprint density at radius 1 is 1.38 bits per heavy atom. The number of benzene rings is 1. The Bertz CT molecular complexity index is 655. The number of carbonyl (C=O) groups is 2. The van der Waals surface area contributed by atoms with E-state index >= 15 is 0 Å². The van der Waals surface area contributed by atoms with Gasteiger partial charge in [-0.3, -0.25) is 9.59 Å². The Morgan fingerprint density at radius 2 is 2.14 bits per heavy atom. The molecule has 5 nitrogen and oxygen atoms in total. The Morgan fingerprint density at radius 3 is 2.86 bits per heavy atom. The topological polar surface area (TPSA) is 85.1 Å². The van der Waals surface area contributed by atoms with Crippen LogP contribution in [0.15, 0.2) is 34.5 Å². The van der Waals surface area contributed by atoms with E-state index in [9.17, 15) is 9.59 Å². The van der Waals surface area contributed by atoms with Crippen molar-refractivity contribution in [2.75, 3.05) is 11.1 Å². The van der Waals surface area contributed by atoms with Gasteiger partial charge in [-0.15, -0.1) is 23.1 Å². The second-order valence-electron chi connectivity index (χ2n) is 4.39. The first kappa shape index (κ1) is 15.5. The molecule has 0 atom stereocenters. The fraction of sp³-hybridized carbons (Fsp3) is 0.214. The zero-order chi connectivity index (χ0) is 15.2. The maximum atomic E-state index is 11.9. The van der Waals surface area contributed by atoms with E-state index in [1.165, 1.54) is 23.1 Å². The van der Waals surface area contributed by atoms with Crippen LogP contribution in [-0.2, 0) is 16.0 Å². The van der Waals surface area contributed by atoms with Gasteiger partial charge in [-0.1, -0.05) is 18.2 Å². The predicted octanol–water partition coefficient (Wildman–Crippen LogP) is 2.21. The maximum absolute atomic E-state index is 11.9. The highest BCUT2D eigenvalue weighted by molar-refractivity contribution is 8.00. The highest BCUT2D eigenvalue weighted by Gasteiger charge is 2.09. The lowest BCUT2D eigenvalue weighted by atomic mass is 10.2. The number of nitrogens with zero attached hydrogens (tertiary/aromatic N) is 1. The van der Waals surface area contributed by atoms with Crippen LogP contribution in [0.3, 0.4) is 0 Å². The molecule has 2 amide bonds. The maximum Gasteiger partial charge on any atom is 0.236 e. The molecule has 0 unspecified atom stereocenters. The van der Waals surface area contributed by atoms with Crippen LogP contribution < -0.4 is 11.1 Å². The molecule has 0 saturated carbocycles. The van der Waals surface area contributed by atoms with Crippen LogP contribution in [0.25, 0.3) is 0 Å². The van der Waals surface area contributed by atoms with Crippen molar-refractivity contribution in [3.8, 4) is 0 Å². The molecule has 0 aliphatic rings. The third-order valence-corrected chi connectivity index (χ3v) is 4.59. The second-order valence-corrected chi connectivity index (χ2v) is 6.26. The third kappa shape index (κ3) is 4.87. The van der Waals surface area contributed by atoms with Gasteiger partial charge in [0.15, 0.2) is 5.13 Å². The number of aryl methyl sites for hydroxylation is 1. The summed E-state index contributed by atoms with van der Waals surface area (Å²) in [6, 6.07) is 7.91. The van der Waals surface area contributed by atoms with Crippen molar-refractivity contribution in [3.05, 3.63) is 40.9 Å². The molecule has 21 heavy (non-hydrogen) atoms. The van der Waals surface area contributed by atoms with Gasteiger partial charge in [0.2, 0.25) is 11.8 Å². The van der Waals surface area contributed by atoms with E-state index in [1.54, 1.807) is 5.38 Å². The van der Waals surface area contributed by atoms with E-state index in [4.69, 9.17) is 5.73 Å². The molecule has 1 aromatic heterocycles. The first-order chi connectivity index (χ1) is 10.0. The van der Waals surface area contributed by atoms with E-state index in [0.717, 1.165) is 10.5 Å². The number of anilines is 1. The van der Waals surface area contributed by atoms with Crippen molar-refractivity contribution in [2.24, 2.45) is 5.73 Å². The SMILES string of the molecule is Cc1ccccc1SCC(=O)Nc1nc(CC(N)=O)cs1. The zero-order valence-corrected chi connectivity index (χ0v) is 13.1. The summed E-state index contributed by atoms with van der Waals surface area (Å²) in [5.74, 6) is -0.244. The predicted molar refractivity (Wildman–Crippen MR) is 85.5 cm³/mol. The van der Waals surface area contributed by atoms with Crippen molar-refractivity contribution in [1.29, 1.82) is 0 Å². The summed E-state index contributed by atoms with van der Waals surface area (Å²) in [5.41, 5.74) is 6.82. The Labute approximate surface area is 131 Å². The number of nitrogens with one attached hydrogen (secondary N) is 1. The normalized spacial score (nSPS) is 10.3. The Balaban J connectivity index is 1.86. The number of thiazole rings is 1. The highest BCUT2D eigenvalue weighted by atomic mass is 32.2. The van der Waals surface area contributed by atoms with E-state index in [0.29, 0.717) is 16.6 Å². The van der Waals surface area contributed by atoms with Gasteiger partial charge in [0.25, 0.3) is 0 Å². The minimum absolute atomic E-state index is 0.0876. The molecule has 0 bridgehead atoms. The summed E-state index contributed by atoms with van der Waals surface area (Å²) in [6.45, 7) is 2.01. The number of rotatable bonds is 6. The molecule has 2 rings (SSSR count). The van der Waals surface area contributed by atoms with E-state index in [1.807, 2.05) is 31.2 Å². The van der Waals surface area contributed by atoms with Crippen LogP contribution in [0, 0.1) is 6.92 Å². The van der Waals surface area contributed by atoms with Gasteiger partial charge in [0.1, 0.15) is 0 Å². The summed E-state index contributed by atoms with van der Waals surface area (Å²) in [6.07, 6.45) is 0.0876. The lowest BCUT2D eigenvalue weighted by molar-refractivity contribution is -0.117. The minimum atomic E-state index is -0.437. The van der Waals surface area contributed by atoms with Crippen LogP contribution in [-0.4, -0.2) is 22.6 Å². The molecule has 0 spiro atoms. The van der Waals surface area contributed by atoms with Crippen molar-refractivity contribution < 1.29 is 9.59 Å². The monoisotopic (exact) mass is 321 g/mol. The van der Waals surface area contributed by atoms with Gasteiger partial charge in [0.05, 0.1) is 17.9 Å². The van der Waals surface area contributed by atoms with Gasteiger partial charge in [-0.25, -0.2) is 4.98 Å². The van der Waals surface area contributed by atoms with Crippen LogP contribution >= 0.6 is 23.1 Å². The zero-order valence-electron chi connectivity index (χ0n) is 11.5. The lowest BCUT2D eigenvalue weighted by Gasteiger charge is -2.04. The molecular weight excluding hydrogens is 306 g/mol. The van der Waals surface area contributed by atoms with E-state index in [-0.39, 0.29) is 12.3 Å². The largest absolute Gasteiger partial charge is 0.369 e. The summed E-state index contributed by atoms with van der Waals surface area (Å²) < 4.78 is 0. The van der Waals surface area contributed by atoms with Crippen LogP contribution in [0.2, 0.25) is 0 Å². The molecule has 1 aromatic carbocycles. The van der Waals surface area contributed by atoms with Gasteiger partial charge < -0.3 is 11.1 Å². The summed E-state index contributed by atoms with van der Waals surface area (Å²) >= 11 is 2.77. The fourth-order valence-corrected chi connectivity index (χ4v) is 3.20. The fourth-order valence-electron chi connectivity index (χ4n) is 1.64. The summed E-state index contributed by atoms with van der Waals surface area (Å²) in [4.78, 5) is 27.9.